The van der Waals surface area contributed by atoms with Crippen LogP contribution in [0, 0.1) is 0 Å². The molecule has 1 atom stereocenters. The van der Waals surface area contributed by atoms with Crippen molar-refractivity contribution in [1.29, 1.82) is 0 Å². The van der Waals surface area contributed by atoms with Gasteiger partial charge in [0, 0.05) is 44.8 Å². The van der Waals surface area contributed by atoms with Crippen molar-refractivity contribution in [1.82, 2.24) is 20.2 Å². The largest absolute Gasteiger partial charge is 0.481 e. The van der Waals surface area contributed by atoms with E-state index in [9.17, 15) is 4.79 Å². The first-order valence-electron chi connectivity index (χ1n) is 11.0. The van der Waals surface area contributed by atoms with Crippen molar-refractivity contribution in [2.24, 2.45) is 0 Å². The second-order valence-corrected chi connectivity index (χ2v) is 8.02. The van der Waals surface area contributed by atoms with E-state index in [4.69, 9.17) is 9.72 Å². The minimum atomic E-state index is -0.156. The number of methoxy groups -OCH3 is 1. The maximum absolute atomic E-state index is 11.7. The molecule has 1 amide bonds. The fourth-order valence-corrected chi connectivity index (χ4v) is 4.44. The zero-order valence-corrected chi connectivity index (χ0v) is 18.6. The molecular weight excluding hydrogens is 390 g/mol. The first-order chi connectivity index (χ1) is 15.1. The van der Waals surface area contributed by atoms with E-state index in [1.807, 2.05) is 6.07 Å². The minimum Gasteiger partial charge on any atom is -0.481 e. The van der Waals surface area contributed by atoms with E-state index in [2.05, 4.69) is 45.2 Å². The highest BCUT2D eigenvalue weighted by molar-refractivity contribution is 5.92. The first kappa shape index (κ1) is 21.3. The van der Waals surface area contributed by atoms with E-state index in [1.165, 1.54) is 5.57 Å². The summed E-state index contributed by atoms with van der Waals surface area (Å²) < 4.78 is 5.48. The van der Waals surface area contributed by atoms with Crippen molar-refractivity contribution < 1.29 is 9.53 Å². The Morgan fingerprint density at radius 1 is 1.19 bits per heavy atom. The Labute approximate surface area is 184 Å². The Morgan fingerprint density at radius 3 is 2.65 bits per heavy atom. The number of rotatable bonds is 6. The number of ether oxygens (including phenoxy) is 1. The molecule has 3 heterocycles. The Morgan fingerprint density at radius 2 is 2.00 bits per heavy atom. The molecule has 4 rings (SSSR count). The molecule has 0 aromatic carbocycles. The molecule has 31 heavy (non-hydrogen) atoms. The molecule has 2 aromatic rings. The molecule has 0 spiro atoms. The second-order valence-electron chi connectivity index (χ2n) is 8.02. The quantitative estimate of drug-likeness (QED) is 0.774. The van der Waals surface area contributed by atoms with Crippen molar-refractivity contribution in [2.45, 2.75) is 32.2 Å². The third-order valence-electron chi connectivity index (χ3n) is 6.30. The summed E-state index contributed by atoms with van der Waals surface area (Å²) in [6, 6.07) is 8.50. The number of aromatic nitrogens is 2. The predicted octanol–water partition coefficient (Wildman–Crippen LogP) is 2.78. The van der Waals surface area contributed by atoms with Gasteiger partial charge in [0.15, 0.2) is 0 Å². The SMILES string of the molecule is CCc1ccc(C2=CC(N3CCN(c4ccc(C(=O)NC)nc4)CC3)CC2)nc1OC. The molecule has 1 saturated heterocycles. The van der Waals surface area contributed by atoms with Crippen molar-refractivity contribution >= 4 is 17.2 Å². The molecule has 164 valence electrons. The molecule has 0 radical (unpaired) electrons. The molecule has 0 saturated carbocycles. The van der Waals surface area contributed by atoms with Gasteiger partial charge >= 0.3 is 0 Å². The number of anilines is 1. The van der Waals surface area contributed by atoms with Gasteiger partial charge in [-0.3, -0.25) is 9.69 Å². The monoisotopic (exact) mass is 421 g/mol. The number of hydrogen-bond acceptors (Lipinski definition) is 6. The minimum absolute atomic E-state index is 0.156. The van der Waals surface area contributed by atoms with Gasteiger partial charge in [0.1, 0.15) is 5.69 Å². The van der Waals surface area contributed by atoms with Crippen LogP contribution in [0.25, 0.3) is 5.57 Å². The lowest BCUT2D eigenvalue weighted by Gasteiger charge is -2.38. The number of carbonyl (C=O) groups excluding carboxylic acids is 1. The summed E-state index contributed by atoms with van der Waals surface area (Å²) in [5.41, 5.74) is 5.03. The highest BCUT2D eigenvalue weighted by Crippen LogP contribution is 2.32. The standard InChI is InChI=1S/C24H31N5O2/c1-4-17-6-9-21(27-24(17)31-3)18-5-7-19(15-18)28-11-13-29(14-12-28)20-8-10-22(26-16-20)23(30)25-2/h6,8-10,15-16,19H,4-5,7,11-14H2,1-3H3,(H,25,30). The van der Waals surface area contributed by atoms with Crippen LogP contribution < -0.4 is 15.0 Å². The van der Waals surface area contributed by atoms with Crippen molar-refractivity contribution in [3.05, 3.63) is 53.5 Å². The van der Waals surface area contributed by atoms with Crippen LogP contribution in [0.2, 0.25) is 0 Å². The lowest BCUT2D eigenvalue weighted by Crippen LogP contribution is -2.49. The van der Waals surface area contributed by atoms with E-state index in [-0.39, 0.29) is 5.91 Å². The van der Waals surface area contributed by atoms with Crippen molar-refractivity contribution in [3.8, 4) is 5.88 Å². The molecule has 0 bridgehead atoms. The van der Waals surface area contributed by atoms with Gasteiger partial charge in [0.05, 0.1) is 24.7 Å². The molecule has 2 aromatic heterocycles. The number of carbonyl (C=O) groups is 1. The lowest BCUT2D eigenvalue weighted by atomic mass is 10.1. The van der Waals surface area contributed by atoms with E-state index in [0.717, 1.165) is 68.3 Å². The zero-order valence-electron chi connectivity index (χ0n) is 18.6. The Hall–Kier alpha value is -2.93. The number of amides is 1. The average Bonchev–Trinajstić information content (AvgIpc) is 3.33. The van der Waals surface area contributed by atoms with Crippen LogP contribution in [0.4, 0.5) is 5.69 Å². The van der Waals surface area contributed by atoms with Crippen LogP contribution in [0.5, 0.6) is 5.88 Å². The van der Waals surface area contributed by atoms with E-state index < -0.39 is 0 Å². The van der Waals surface area contributed by atoms with E-state index in [0.29, 0.717) is 11.7 Å². The lowest BCUT2D eigenvalue weighted by molar-refractivity contribution is 0.0958. The molecule has 7 nitrogen and oxygen atoms in total. The van der Waals surface area contributed by atoms with Crippen LogP contribution >= 0.6 is 0 Å². The maximum Gasteiger partial charge on any atom is 0.269 e. The van der Waals surface area contributed by atoms with Gasteiger partial charge in [-0.05, 0) is 43.0 Å². The number of nitrogens with zero attached hydrogens (tertiary/aromatic N) is 4. The summed E-state index contributed by atoms with van der Waals surface area (Å²) in [6.45, 7) is 6.06. The van der Waals surface area contributed by atoms with Gasteiger partial charge in [0.25, 0.3) is 5.91 Å². The Balaban J connectivity index is 1.37. The van der Waals surface area contributed by atoms with Gasteiger partial charge < -0.3 is 15.0 Å². The highest BCUT2D eigenvalue weighted by atomic mass is 16.5. The van der Waals surface area contributed by atoms with Crippen molar-refractivity contribution in [3.63, 3.8) is 0 Å². The van der Waals surface area contributed by atoms with Gasteiger partial charge in [-0.25, -0.2) is 9.97 Å². The summed E-state index contributed by atoms with van der Waals surface area (Å²) in [5, 5.41) is 2.61. The fourth-order valence-electron chi connectivity index (χ4n) is 4.44. The van der Waals surface area contributed by atoms with E-state index in [1.54, 1.807) is 26.4 Å². The van der Waals surface area contributed by atoms with Gasteiger partial charge in [0.2, 0.25) is 5.88 Å². The number of nitrogens with one attached hydrogen (secondary N) is 1. The third kappa shape index (κ3) is 4.56. The molecule has 7 heteroatoms. The van der Waals surface area contributed by atoms with Gasteiger partial charge in [-0.2, -0.15) is 0 Å². The summed E-state index contributed by atoms with van der Waals surface area (Å²) in [4.78, 5) is 25.6. The number of pyridine rings is 2. The highest BCUT2D eigenvalue weighted by Gasteiger charge is 2.27. The van der Waals surface area contributed by atoms with Crippen LogP contribution in [-0.2, 0) is 6.42 Å². The van der Waals surface area contributed by atoms with Gasteiger partial charge in [-0.15, -0.1) is 0 Å². The topological polar surface area (TPSA) is 70.6 Å². The summed E-state index contributed by atoms with van der Waals surface area (Å²) >= 11 is 0. The Kier molecular flexibility index (Phi) is 6.51. The summed E-state index contributed by atoms with van der Waals surface area (Å²) in [5.74, 6) is 0.589. The third-order valence-corrected chi connectivity index (χ3v) is 6.30. The molecule has 1 aliphatic heterocycles. The summed E-state index contributed by atoms with van der Waals surface area (Å²) in [6.07, 6.45) is 7.30. The molecule has 1 unspecified atom stereocenters. The fraction of sp³-hybridized carbons (Fsp3) is 0.458. The number of aryl methyl sites for hydroxylation is 1. The van der Waals surface area contributed by atoms with Gasteiger partial charge in [-0.1, -0.05) is 19.1 Å². The molecular formula is C24H31N5O2. The zero-order chi connectivity index (χ0) is 21.8. The number of piperazine rings is 1. The predicted molar refractivity (Wildman–Crippen MR) is 123 cm³/mol. The van der Waals surface area contributed by atoms with Crippen LogP contribution in [0.15, 0.2) is 36.5 Å². The van der Waals surface area contributed by atoms with Crippen LogP contribution in [0.3, 0.4) is 0 Å². The van der Waals surface area contributed by atoms with E-state index >= 15 is 0 Å². The second kappa shape index (κ2) is 9.47. The van der Waals surface area contributed by atoms with Crippen LogP contribution in [-0.4, -0.2) is 67.2 Å². The Bertz CT molecular complexity index is 949. The number of allylic oxidation sites excluding steroid dienone is 1. The molecule has 2 aliphatic rings. The van der Waals surface area contributed by atoms with Crippen molar-refractivity contribution in [2.75, 3.05) is 45.2 Å². The maximum atomic E-state index is 11.7. The van der Waals surface area contributed by atoms with Crippen LogP contribution in [0.1, 0.15) is 41.5 Å². The summed E-state index contributed by atoms with van der Waals surface area (Å²) in [7, 11) is 3.31. The normalized spacial score (nSPS) is 19.3. The molecule has 1 fully saturated rings. The number of hydrogen-bond donors (Lipinski definition) is 1. The first-order valence-corrected chi connectivity index (χ1v) is 11.0. The molecule has 1 N–H and O–H groups in total. The average molecular weight is 422 g/mol. The smallest absolute Gasteiger partial charge is 0.269 e. The molecule has 1 aliphatic carbocycles.